The number of unbranched alkanes of at least 4 members (excludes halogenated alkanes) is 39. The van der Waals surface area contributed by atoms with Crippen LogP contribution >= 0.6 is 0 Å². The number of aliphatic hydroxyl groups excluding tert-OH is 11. The summed E-state index contributed by atoms with van der Waals surface area (Å²) in [4.78, 5) is 13.4. The predicted octanol–water partition coefficient (Wildman–Crippen LogP) is 9.11. The zero-order valence-corrected chi connectivity index (χ0v) is 53.8. The Morgan fingerprint density at radius 3 is 1.01 bits per heavy atom. The van der Waals surface area contributed by atoms with E-state index in [0.717, 1.165) is 44.9 Å². The molecular formula is C67H129NO18. The third kappa shape index (κ3) is 32.4. The number of hydrogen-bond donors (Lipinski definition) is 12. The summed E-state index contributed by atoms with van der Waals surface area (Å²) >= 11 is 0. The molecule has 0 aromatic heterocycles. The van der Waals surface area contributed by atoms with Gasteiger partial charge >= 0.3 is 0 Å². The van der Waals surface area contributed by atoms with E-state index in [1.807, 2.05) is 0 Å². The van der Waals surface area contributed by atoms with Crippen molar-refractivity contribution >= 4 is 5.91 Å². The number of rotatable bonds is 55. The molecule has 3 rings (SSSR count). The molecule has 17 unspecified atom stereocenters. The smallest absolute Gasteiger partial charge is 0.220 e. The quantitative estimate of drug-likeness (QED) is 0.0253. The number of amides is 1. The molecule has 3 aliphatic rings. The zero-order valence-electron chi connectivity index (χ0n) is 53.8. The molecule has 0 aromatic carbocycles. The molecule has 3 heterocycles. The lowest BCUT2D eigenvalue weighted by atomic mass is 9.96. The van der Waals surface area contributed by atoms with Gasteiger partial charge in [-0.1, -0.05) is 271 Å². The molecule has 3 saturated heterocycles. The van der Waals surface area contributed by atoms with Crippen LogP contribution in [0.1, 0.15) is 290 Å². The van der Waals surface area contributed by atoms with Gasteiger partial charge in [-0.15, -0.1) is 0 Å². The molecule has 510 valence electrons. The normalized spacial score (nSPS) is 28.7. The van der Waals surface area contributed by atoms with Gasteiger partial charge in [-0.3, -0.25) is 4.79 Å². The fourth-order valence-electron chi connectivity index (χ4n) is 12.4. The van der Waals surface area contributed by atoms with E-state index in [-0.39, 0.29) is 18.9 Å². The van der Waals surface area contributed by atoms with Gasteiger partial charge in [-0.05, 0) is 12.8 Å². The van der Waals surface area contributed by atoms with Gasteiger partial charge in [0.05, 0.1) is 38.6 Å². The summed E-state index contributed by atoms with van der Waals surface area (Å²) in [5.41, 5.74) is 0. The molecule has 0 radical (unpaired) electrons. The van der Waals surface area contributed by atoms with Crippen molar-refractivity contribution in [1.29, 1.82) is 0 Å². The van der Waals surface area contributed by atoms with Gasteiger partial charge in [0, 0.05) is 6.42 Å². The van der Waals surface area contributed by atoms with Crippen LogP contribution < -0.4 is 5.32 Å². The Morgan fingerprint density at radius 1 is 0.372 bits per heavy atom. The number of aliphatic hydroxyl groups is 11. The first-order valence-corrected chi connectivity index (χ1v) is 35.3. The molecule has 0 spiro atoms. The van der Waals surface area contributed by atoms with E-state index in [4.69, 9.17) is 28.4 Å². The molecule has 12 N–H and O–H groups in total. The van der Waals surface area contributed by atoms with Crippen molar-refractivity contribution in [2.24, 2.45) is 0 Å². The SMILES string of the molecule is CCCCCCCCCCCCCCCCCCCCCCCCCCC(O)C(COC1OC(CO)C(OC2OC(CO)C(OC3OC(CO)C(O)C(O)C3O)C(O)C2O)C(O)C1O)NC(=O)CCCCCCCCCCCCCCCCCCC. The first kappa shape index (κ1) is 79.0. The molecule has 0 aliphatic carbocycles. The Balaban J connectivity index is 1.42. The second kappa shape index (κ2) is 50.4. The maximum atomic E-state index is 13.4. The lowest BCUT2D eigenvalue weighted by molar-refractivity contribution is -0.379. The number of hydrogen-bond acceptors (Lipinski definition) is 18. The van der Waals surface area contributed by atoms with Crippen LogP contribution in [-0.4, -0.2) is 193 Å². The highest BCUT2D eigenvalue weighted by Crippen LogP contribution is 2.33. The molecule has 0 saturated carbocycles. The average molecular weight is 1240 g/mol. The summed E-state index contributed by atoms with van der Waals surface area (Å²) in [6, 6.07) is -0.881. The Labute approximate surface area is 519 Å². The molecule has 19 nitrogen and oxygen atoms in total. The highest BCUT2D eigenvalue weighted by molar-refractivity contribution is 5.76. The molecule has 17 atom stereocenters. The van der Waals surface area contributed by atoms with Crippen LogP contribution in [0, 0.1) is 0 Å². The fourth-order valence-corrected chi connectivity index (χ4v) is 12.4. The van der Waals surface area contributed by atoms with Gasteiger partial charge in [-0.25, -0.2) is 0 Å². The number of nitrogens with one attached hydrogen (secondary N) is 1. The van der Waals surface area contributed by atoms with Crippen LogP contribution in [0.15, 0.2) is 0 Å². The van der Waals surface area contributed by atoms with Gasteiger partial charge < -0.3 is 89.9 Å². The van der Waals surface area contributed by atoms with E-state index in [9.17, 15) is 61.0 Å². The van der Waals surface area contributed by atoms with Crippen LogP contribution in [0.2, 0.25) is 0 Å². The van der Waals surface area contributed by atoms with Crippen molar-refractivity contribution < 1.29 is 89.4 Å². The number of ether oxygens (including phenoxy) is 6. The Morgan fingerprint density at radius 2 is 0.663 bits per heavy atom. The minimum absolute atomic E-state index is 0.236. The second-order valence-electron chi connectivity index (χ2n) is 25.7. The molecule has 19 heteroatoms. The van der Waals surface area contributed by atoms with Crippen molar-refractivity contribution in [2.45, 2.75) is 394 Å². The largest absolute Gasteiger partial charge is 0.394 e. The number of carbonyl (C=O) groups is 1. The standard InChI is InChI=1S/C67H129NO18/c1-3-5-7-9-11-13-15-17-19-21-22-23-24-25-26-27-29-30-32-34-36-38-40-42-44-51(72)50(68-55(73)45-43-41-39-37-35-33-31-28-20-18-16-14-12-10-8-6-4-2)49-81-65-61(79)58(76)63(53(47-70)83-65)86-67-62(80)59(77)64(54(48-71)84-67)85-66-60(78)57(75)56(74)52(46-69)82-66/h50-54,56-67,69-72,74-80H,3-49H2,1-2H3,(H,68,73). The average Bonchev–Trinajstić information content (AvgIpc) is 3.69. The van der Waals surface area contributed by atoms with Crippen LogP contribution in [0.25, 0.3) is 0 Å². The third-order valence-corrected chi connectivity index (χ3v) is 18.2. The van der Waals surface area contributed by atoms with E-state index < -0.39 is 124 Å². The third-order valence-electron chi connectivity index (χ3n) is 18.2. The van der Waals surface area contributed by atoms with Gasteiger partial charge in [0.1, 0.15) is 73.2 Å². The summed E-state index contributed by atoms with van der Waals surface area (Å²) in [5.74, 6) is -0.236. The first-order valence-electron chi connectivity index (χ1n) is 35.3. The monoisotopic (exact) mass is 1240 g/mol. The lowest BCUT2D eigenvalue weighted by Crippen LogP contribution is -2.66. The van der Waals surface area contributed by atoms with Crippen LogP contribution in [0.4, 0.5) is 0 Å². The predicted molar refractivity (Wildman–Crippen MR) is 333 cm³/mol. The van der Waals surface area contributed by atoms with Crippen LogP contribution in [-0.2, 0) is 33.2 Å². The molecule has 0 bridgehead atoms. The topological polar surface area (TPSA) is 307 Å². The summed E-state index contributed by atoms with van der Waals surface area (Å²) in [6.45, 7) is 1.85. The van der Waals surface area contributed by atoms with Gasteiger partial charge in [0.15, 0.2) is 18.9 Å². The van der Waals surface area contributed by atoms with E-state index in [0.29, 0.717) is 12.8 Å². The summed E-state index contributed by atoms with van der Waals surface area (Å²) in [7, 11) is 0. The highest BCUT2D eigenvalue weighted by Gasteiger charge is 2.53. The molecule has 0 aromatic rings. The lowest BCUT2D eigenvalue weighted by Gasteiger charge is -2.48. The van der Waals surface area contributed by atoms with Crippen molar-refractivity contribution in [1.82, 2.24) is 5.32 Å². The maximum absolute atomic E-state index is 13.4. The summed E-state index contributed by atoms with van der Waals surface area (Å²) in [5, 5.41) is 121. The minimum atomic E-state index is -1.97. The van der Waals surface area contributed by atoms with Gasteiger partial charge in [0.25, 0.3) is 0 Å². The Bertz CT molecular complexity index is 1570. The first-order chi connectivity index (χ1) is 41.8. The van der Waals surface area contributed by atoms with Crippen molar-refractivity contribution in [3.8, 4) is 0 Å². The molecular weight excluding hydrogens is 1110 g/mol. The minimum Gasteiger partial charge on any atom is -0.394 e. The van der Waals surface area contributed by atoms with Crippen molar-refractivity contribution in [3.05, 3.63) is 0 Å². The molecule has 1 amide bonds. The van der Waals surface area contributed by atoms with E-state index in [1.165, 1.54) is 212 Å². The maximum Gasteiger partial charge on any atom is 0.220 e. The van der Waals surface area contributed by atoms with Crippen LogP contribution in [0.3, 0.4) is 0 Å². The van der Waals surface area contributed by atoms with Gasteiger partial charge in [0.2, 0.25) is 5.91 Å². The van der Waals surface area contributed by atoms with E-state index in [1.54, 1.807) is 0 Å². The molecule has 3 fully saturated rings. The van der Waals surface area contributed by atoms with Crippen molar-refractivity contribution in [3.63, 3.8) is 0 Å². The molecule has 86 heavy (non-hydrogen) atoms. The number of carbonyl (C=O) groups excluding carboxylic acids is 1. The summed E-state index contributed by atoms with van der Waals surface area (Å²) in [6.07, 6.45) is 26.1. The van der Waals surface area contributed by atoms with Gasteiger partial charge in [-0.2, -0.15) is 0 Å². The van der Waals surface area contributed by atoms with E-state index >= 15 is 0 Å². The fraction of sp³-hybridized carbons (Fsp3) is 0.985. The second-order valence-corrected chi connectivity index (χ2v) is 25.7. The van der Waals surface area contributed by atoms with E-state index in [2.05, 4.69) is 19.2 Å². The Hall–Kier alpha value is -1.21. The summed E-state index contributed by atoms with van der Waals surface area (Å²) < 4.78 is 34.4. The Kier molecular flexibility index (Phi) is 46.3. The highest BCUT2D eigenvalue weighted by atomic mass is 16.8. The van der Waals surface area contributed by atoms with Crippen molar-refractivity contribution in [2.75, 3.05) is 26.4 Å². The van der Waals surface area contributed by atoms with Crippen LogP contribution in [0.5, 0.6) is 0 Å². The molecule has 3 aliphatic heterocycles. The zero-order chi connectivity index (χ0) is 62.6.